The molecule has 3 heteroatoms. The van der Waals surface area contributed by atoms with E-state index in [-0.39, 0.29) is 0 Å². The molecule has 76 valence electrons. The van der Waals surface area contributed by atoms with Crippen LogP contribution < -0.4 is 5.73 Å². The van der Waals surface area contributed by atoms with Gasteiger partial charge in [-0.1, -0.05) is 20.8 Å². The molecule has 0 saturated carbocycles. The van der Waals surface area contributed by atoms with E-state index < -0.39 is 5.54 Å². The van der Waals surface area contributed by atoms with E-state index in [1.807, 2.05) is 11.8 Å². The van der Waals surface area contributed by atoms with E-state index in [4.69, 9.17) is 11.0 Å². The van der Waals surface area contributed by atoms with Crippen molar-refractivity contribution < 1.29 is 0 Å². The number of thioether (sulfide) groups is 1. The van der Waals surface area contributed by atoms with Crippen LogP contribution in [0.25, 0.3) is 0 Å². The van der Waals surface area contributed by atoms with E-state index in [9.17, 15) is 0 Å². The van der Waals surface area contributed by atoms with Crippen LogP contribution >= 0.6 is 11.8 Å². The maximum atomic E-state index is 8.75. The van der Waals surface area contributed by atoms with Crippen molar-refractivity contribution in [2.45, 2.75) is 56.6 Å². The fraction of sp³-hybridized carbons (Fsp3) is 0.900. The predicted molar refractivity (Wildman–Crippen MR) is 59.6 cm³/mol. The van der Waals surface area contributed by atoms with Gasteiger partial charge in [0.05, 0.1) is 6.07 Å². The zero-order chi connectivity index (χ0) is 10.5. The molecular formula is C10H20N2S. The number of hydrogen-bond donors (Lipinski definition) is 1. The first-order chi connectivity index (χ1) is 5.91. The van der Waals surface area contributed by atoms with Gasteiger partial charge in [-0.3, -0.25) is 0 Å². The lowest BCUT2D eigenvalue weighted by Crippen LogP contribution is -2.36. The van der Waals surface area contributed by atoms with Gasteiger partial charge in [0.1, 0.15) is 5.54 Å². The van der Waals surface area contributed by atoms with E-state index in [1.54, 1.807) is 6.92 Å². The normalized spacial score (nSPS) is 20.0. The highest BCUT2D eigenvalue weighted by atomic mass is 32.2. The molecule has 0 aliphatic heterocycles. The molecule has 13 heavy (non-hydrogen) atoms. The number of nitrogens with zero attached hydrogens (tertiary/aromatic N) is 1. The maximum Gasteiger partial charge on any atom is 0.102 e. The molecular weight excluding hydrogens is 180 g/mol. The van der Waals surface area contributed by atoms with Crippen LogP contribution in [0.5, 0.6) is 0 Å². The van der Waals surface area contributed by atoms with Crippen molar-refractivity contribution in [2.24, 2.45) is 5.73 Å². The SMILES string of the molecule is CCC(C)SC(C)CC(C)(N)C#N. The first kappa shape index (κ1) is 12.8. The standard InChI is InChI=1S/C10H20N2S/c1-5-8(2)13-9(3)6-10(4,12)7-11/h8-9H,5-6,12H2,1-4H3. The third-order valence-electron chi connectivity index (χ3n) is 2.01. The number of nitriles is 1. The molecule has 0 bridgehead atoms. The monoisotopic (exact) mass is 200 g/mol. The Labute approximate surface area is 85.9 Å². The molecule has 0 aromatic carbocycles. The lowest BCUT2D eigenvalue weighted by molar-refractivity contribution is 0.544. The van der Waals surface area contributed by atoms with Gasteiger partial charge in [0.2, 0.25) is 0 Å². The molecule has 0 aliphatic carbocycles. The molecule has 0 amide bonds. The van der Waals surface area contributed by atoms with Crippen LogP contribution in [0.4, 0.5) is 0 Å². The van der Waals surface area contributed by atoms with Crippen LogP contribution in [-0.4, -0.2) is 16.0 Å². The highest BCUT2D eigenvalue weighted by Crippen LogP contribution is 2.25. The molecule has 0 radical (unpaired) electrons. The summed E-state index contributed by atoms with van der Waals surface area (Å²) in [5.74, 6) is 0. The van der Waals surface area contributed by atoms with Crippen molar-refractivity contribution in [3.05, 3.63) is 0 Å². The van der Waals surface area contributed by atoms with E-state index >= 15 is 0 Å². The first-order valence-electron chi connectivity index (χ1n) is 4.77. The average Bonchev–Trinajstić information content (AvgIpc) is 2.03. The van der Waals surface area contributed by atoms with Crippen LogP contribution in [0.3, 0.4) is 0 Å². The molecule has 0 aliphatic rings. The number of rotatable bonds is 5. The maximum absolute atomic E-state index is 8.75. The van der Waals surface area contributed by atoms with Crippen molar-refractivity contribution in [1.29, 1.82) is 5.26 Å². The summed E-state index contributed by atoms with van der Waals surface area (Å²) in [6.07, 6.45) is 1.93. The van der Waals surface area contributed by atoms with Crippen LogP contribution in [0, 0.1) is 11.3 Å². The third-order valence-corrected chi connectivity index (χ3v) is 3.44. The van der Waals surface area contributed by atoms with Crippen LogP contribution in [0.15, 0.2) is 0 Å². The average molecular weight is 200 g/mol. The van der Waals surface area contributed by atoms with Crippen molar-refractivity contribution in [2.75, 3.05) is 0 Å². The minimum atomic E-state index is -0.667. The molecule has 0 rings (SSSR count). The highest BCUT2D eigenvalue weighted by molar-refractivity contribution is 8.00. The Bertz CT molecular complexity index is 184. The van der Waals surface area contributed by atoms with Gasteiger partial charge in [-0.15, -0.1) is 0 Å². The molecule has 2 nitrogen and oxygen atoms in total. The van der Waals surface area contributed by atoms with Gasteiger partial charge in [-0.25, -0.2) is 0 Å². The van der Waals surface area contributed by atoms with Crippen LogP contribution in [0.2, 0.25) is 0 Å². The van der Waals surface area contributed by atoms with Crippen molar-refractivity contribution in [1.82, 2.24) is 0 Å². The molecule has 0 aromatic heterocycles. The molecule has 3 atom stereocenters. The van der Waals surface area contributed by atoms with Crippen LogP contribution in [-0.2, 0) is 0 Å². The minimum Gasteiger partial charge on any atom is -0.314 e. The quantitative estimate of drug-likeness (QED) is 0.742. The Balaban J connectivity index is 3.88. The third kappa shape index (κ3) is 5.95. The predicted octanol–water partition coefficient (Wildman–Crippen LogP) is 2.54. The lowest BCUT2D eigenvalue weighted by Gasteiger charge is -2.22. The van der Waals surface area contributed by atoms with Crippen LogP contribution in [0.1, 0.15) is 40.5 Å². The van der Waals surface area contributed by atoms with E-state index in [1.165, 1.54) is 6.42 Å². The molecule has 3 unspecified atom stereocenters. The summed E-state index contributed by atoms with van der Waals surface area (Å²) in [5, 5.41) is 9.87. The molecule has 0 saturated heterocycles. The van der Waals surface area contributed by atoms with Crippen molar-refractivity contribution in [3.8, 4) is 6.07 Å². The van der Waals surface area contributed by atoms with E-state index in [0.29, 0.717) is 10.5 Å². The smallest absolute Gasteiger partial charge is 0.102 e. The number of nitrogens with two attached hydrogens (primary N) is 1. The highest BCUT2D eigenvalue weighted by Gasteiger charge is 2.21. The summed E-state index contributed by atoms with van der Waals surface area (Å²) in [5.41, 5.74) is 5.09. The van der Waals surface area contributed by atoms with Gasteiger partial charge in [0.25, 0.3) is 0 Å². The zero-order valence-corrected chi connectivity index (χ0v) is 9.82. The van der Waals surface area contributed by atoms with Gasteiger partial charge >= 0.3 is 0 Å². The van der Waals surface area contributed by atoms with Gasteiger partial charge in [0.15, 0.2) is 0 Å². The van der Waals surface area contributed by atoms with E-state index in [0.717, 1.165) is 6.42 Å². The fourth-order valence-electron chi connectivity index (χ4n) is 1.18. The molecule has 0 spiro atoms. The summed E-state index contributed by atoms with van der Waals surface area (Å²) < 4.78 is 0. The number of hydrogen-bond acceptors (Lipinski definition) is 3. The van der Waals surface area contributed by atoms with Crippen molar-refractivity contribution >= 4 is 11.8 Å². The Morgan fingerprint density at radius 3 is 2.38 bits per heavy atom. The van der Waals surface area contributed by atoms with Gasteiger partial charge in [0, 0.05) is 10.5 Å². The minimum absolute atomic E-state index is 0.463. The van der Waals surface area contributed by atoms with Crippen molar-refractivity contribution in [3.63, 3.8) is 0 Å². The topological polar surface area (TPSA) is 49.8 Å². The molecule has 2 N–H and O–H groups in total. The summed E-state index contributed by atoms with van der Waals surface area (Å²) in [7, 11) is 0. The molecule has 0 fully saturated rings. The second-order valence-corrected chi connectivity index (χ2v) is 5.78. The summed E-state index contributed by atoms with van der Waals surface area (Å²) >= 11 is 1.91. The lowest BCUT2D eigenvalue weighted by atomic mass is 10.00. The Morgan fingerprint density at radius 2 is 2.00 bits per heavy atom. The Morgan fingerprint density at radius 1 is 1.46 bits per heavy atom. The van der Waals surface area contributed by atoms with Gasteiger partial charge in [-0.05, 0) is 19.8 Å². The van der Waals surface area contributed by atoms with Gasteiger partial charge in [-0.2, -0.15) is 17.0 Å². The Kier molecular flexibility index (Phi) is 5.43. The fourth-order valence-corrected chi connectivity index (χ4v) is 2.61. The second kappa shape index (κ2) is 5.51. The molecule has 0 aromatic rings. The second-order valence-electron chi connectivity index (χ2n) is 3.90. The Hall–Kier alpha value is -0.200. The first-order valence-corrected chi connectivity index (χ1v) is 5.71. The van der Waals surface area contributed by atoms with Gasteiger partial charge < -0.3 is 5.73 Å². The summed E-state index contributed by atoms with van der Waals surface area (Å²) in [6.45, 7) is 8.32. The summed E-state index contributed by atoms with van der Waals surface area (Å²) in [6, 6.07) is 2.13. The van der Waals surface area contributed by atoms with E-state index in [2.05, 4.69) is 26.8 Å². The summed E-state index contributed by atoms with van der Waals surface area (Å²) in [4.78, 5) is 0. The zero-order valence-electron chi connectivity index (χ0n) is 9.00. The molecule has 0 heterocycles. The largest absolute Gasteiger partial charge is 0.314 e.